The van der Waals surface area contributed by atoms with Gasteiger partial charge in [-0.3, -0.25) is 0 Å². The van der Waals surface area contributed by atoms with Crippen LogP contribution in [-0.2, 0) is 35.2 Å². The molecule has 0 aromatic heterocycles. The van der Waals surface area contributed by atoms with Crippen LogP contribution < -0.4 is 0 Å². The molecule has 0 spiro atoms. The van der Waals surface area contributed by atoms with Gasteiger partial charge in [-0.05, 0) is 102 Å². The maximum absolute atomic E-state index is 13.7. The van der Waals surface area contributed by atoms with E-state index in [1.54, 1.807) is 0 Å². The average molecular weight is 753 g/mol. The summed E-state index contributed by atoms with van der Waals surface area (Å²) in [5.74, 6) is 0. The van der Waals surface area contributed by atoms with Crippen LogP contribution in [0.15, 0.2) is 194 Å². The highest BCUT2D eigenvalue weighted by Crippen LogP contribution is 2.58. The molecular formula is C54H40O4. The Kier molecular flexibility index (Phi) is 7.53. The predicted molar refractivity (Wildman–Crippen MR) is 226 cm³/mol. The van der Waals surface area contributed by atoms with Gasteiger partial charge in [-0.25, -0.2) is 0 Å². The molecule has 4 heteroatoms. The van der Waals surface area contributed by atoms with Gasteiger partial charge >= 0.3 is 0 Å². The molecule has 1 unspecified atom stereocenters. The maximum atomic E-state index is 13.7. The van der Waals surface area contributed by atoms with Gasteiger partial charge in [0.25, 0.3) is 0 Å². The molecule has 4 nitrogen and oxygen atoms in total. The van der Waals surface area contributed by atoms with E-state index in [4.69, 9.17) is 0 Å². The van der Waals surface area contributed by atoms with Crippen LogP contribution in [0.4, 0.5) is 0 Å². The largest absolute Gasteiger partial charge is 0.377 e. The van der Waals surface area contributed by atoms with Crippen molar-refractivity contribution in [3.63, 3.8) is 0 Å². The summed E-state index contributed by atoms with van der Waals surface area (Å²) in [6.45, 7) is 0. The molecule has 3 aliphatic rings. The second-order valence-electron chi connectivity index (χ2n) is 16.0. The van der Waals surface area contributed by atoms with Gasteiger partial charge in [0.15, 0.2) is 11.2 Å². The van der Waals surface area contributed by atoms with Crippen molar-refractivity contribution in [2.24, 2.45) is 0 Å². The fraction of sp³-hybridized carbons (Fsp3) is 0.111. The molecule has 4 N–H and O–H groups in total. The predicted octanol–water partition coefficient (Wildman–Crippen LogP) is 9.22. The Hall–Kier alpha value is -6.40. The van der Waals surface area contributed by atoms with Crippen LogP contribution in [0.3, 0.4) is 0 Å². The van der Waals surface area contributed by atoms with Gasteiger partial charge in [0.1, 0.15) is 11.2 Å². The maximum Gasteiger partial charge on any atom is 0.152 e. The average Bonchev–Trinajstić information content (AvgIpc) is 3.28. The highest BCUT2D eigenvalue weighted by Gasteiger charge is 2.59. The third kappa shape index (κ3) is 4.49. The molecule has 0 heterocycles. The molecule has 0 saturated heterocycles. The standard InChI is InChI=1S/C54H40O4/c55-51(39-18-2-1-3-19-39)47-24-10-12-26-49(47)52(56,50-27-13-11-25-48(50)51)40-31-29-35(30-32-40)41-20-14-28-46-42(41)34-38-17-6-9-23-45(38)54(46,58)53(57)43-21-7-4-15-36(43)33-37-16-5-8-22-44(37)53/h1-32,55-58H,33-34H2. The molecule has 1 atom stereocenters. The van der Waals surface area contributed by atoms with Crippen molar-refractivity contribution >= 4 is 0 Å². The minimum Gasteiger partial charge on any atom is -0.377 e. The fourth-order valence-electron chi connectivity index (χ4n) is 10.6. The van der Waals surface area contributed by atoms with Gasteiger partial charge in [-0.1, -0.05) is 194 Å². The molecule has 8 aromatic carbocycles. The van der Waals surface area contributed by atoms with Crippen LogP contribution >= 0.6 is 0 Å². The summed E-state index contributed by atoms with van der Waals surface area (Å²) in [5, 5.41) is 53.0. The smallest absolute Gasteiger partial charge is 0.152 e. The van der Waals surface area contributed by atoms with Crippen molar-refractivity contribution in [3.05, 3.63) is 272 Å². The summed E-state index contributed by atoms with van der Waals surface area (Å²) < 4.78 is 0. The summed E-state index contributed by atoms with van der Waals surface area (Å²) in [7, 11) is 0. The highest BCUT2D eigenvalue weighted by atomic mass is 16.4. The first-order chi connectivity index (χ1) is 28.3. The number of aliphatic hydroxyl groups is 4. The van der Waals surface area contributed by atoms with E-state index in [0.29, 0.717) is 62.9 Å². The minimum absolute atomic E-state index is 0.563. The second kappa shape index (κ2) is 12.5. The van der Waals surface area contributed by atoms with Gasteiger partial charge in [-0.15, -0.1) is 0 Å². The summed E-state index contributed by atoms with van der Waals surface area (Å²) in [5.41, 5.74) is 5.71. The van der Waals surface area contributed by atoms with E-state index in [-0.39, 0.29) is 0 Å². The van der Waals surface area contributed by atoms with Crippen molar-refractivity contribution < 1.29 is 20.4 Å². The lowest BCUT2D eigenvalue weighted by Crippen LogP contribution is -2.55. The molecule has 0 amide bonds. The van der Waals surface area contributed by atoms with E-state index in [0.717, 1.165) is 38.9 Å². The molecule has 3 aliphatic carbocycles. The zero-order valence-corrected chi connectivity index (χ0v) is 31.7. The molecule has 58 heavy (non-hydrogen) atoms. The van der Waals surface area contributed by atoms with Crippen LogP contribution in [0.25, 0.3) is 11.1 Å². The van der Waals surface area contributed by atoms with E-state index in [1.165, 1.54) is 0 Å². The normalized spacial score (nSPS) is 22.0. The van der Waals surface area contributed by atoms with Crippen LogP contribution in [0.5, 0.6) is 0 Å². The third-order valence-electron chi connectivity index (χ3n) is 13.3. The Morgan fingerprint density at radius 1 is 0.293 bits per heavy atom. The minimum atomic E-state index is -1.83. The van der Waals surface area contributed by atoms with Crippen LogP contribution in [0.2, 0.25) is 0 Å². The fourth-order valence-corrected chi connectivity index (χ4v) is 10.6. The Bertz CT molecular complexity index is 2820. The van der Waals surface area contributed by atoms with E-state index in [1.807, 2.05) is 182 Å². The molecule has 0 saturated carbocycles. The quantitative estimate of drug-likeness (QED) is 0.145. The molecule has 0 bridgehead atoms. The molecule has 0 radical (unpaired) electrons. The lowest BCUT2D eigenvalue weighted by atomic mass is 9.58. The van der Waals surface area contributed by atoms with E-state index in [9.17, 15) is 20.4 Å². The monoisotopic (exact) mass is 752 g/mol. The van der Waals surface area contributed by atoms with Crippen molar-refractivity contribution in [1.82, 2.24) is 0 Å². The van der Waals surface area contributed by atoms with Gasteiger partial charge < -0.3 is 20.4 Å². The van der Waals surface area contributed by atoms with E-state index in [2.05, 4.69) is 12.1 Å². The van der Waals surface area contributed by atoms with Gasteiger partial charge in [0.2, 0.25) is 0 Å². The van der Waals surface area contributed by atoms with Gasteiger partial charge in [-0.2, -0.15) is 0 Å². The number of hydrogen-bond donors (Lipinski definition) is 4. The topological polar surface area (TPSA) is 80.9 Å². The second-order valence-corrected chi connectivity index (χ2v) is 16.0. The summed E-state index contributed by atoms with van der Waals surface area (Å²) in [6, 6.07) is 62.7. The summed E-state index contributed by atoms with van der Waals surface area (Å²) in [6.07, 6.45) is 1.23. The summed E-state index contributed by atoms with van der Waals surface area (Å²) >= 11 is 0. The number of benzene rings is 8. The molecule has 8 aromatic rings. The van der Waals surface area contributed by atoms with Crippen molar-refractivity contribution in [2.75, 3.05) is 0 Å². The van der Waals surface area contributed by atoms with Crippen LogP contribution in [0.1, 0.15) is 77.9 Å². The first-order valence-electron chi connectivity index (χ1n) is 19.9. The summed E-state index contributed by atoms with van der Waals surface area (Å²) in [4.78, 5) is 0. The molecular weight excluding hydrogens is 713 g/mol. The lowest BCUT2D eigenvalue weighted by molar-refractivity contribution is -0.116. The zero-order chi connectivity index (χ0) is 39.3. The SMILES string of the molecule is OC1(c2ccccc2)c2ccccc2C(O)(c2ccc(-c3cccc4c3Cc3ccccc3C4(O)C3(O)c4ccccc4Cc4ccccc43)cc2)c2ccccc21. The number of hydrogen-bond acceptors (Lipinski definition) is 4. The Balaban J connectivity index is 1.08. The zero-order valence-electron chi connectivity index (χ0n) is 31.7. The van der Waals surface area contributed by atoms with Crippen molar-refractivity contribution in [3.8, 4) is 11.1 Å². The molecule has 0 fully saturated rings. The van der Waals surface area contributed by atoms with Gasteiger partial charge in [0.05, 0.1) is 0 Å². The Morgan fingerprint density at radius 2 is 0.655 bits per heavy atom. The first kappa shape index (κ1) is 34.8. The molecule has 11 rings (SSSR count). The van der Waals surface area contributed by atoms with Crippen LogP contribution in [0, 0.1) is 0 Å². The van der Waals surface area contributed by atoms with E-state index < -0.39 is 22.4 Å². The van der Waals surface area contributed by atoms with Crippen molar-refractivity contribution in [2.45, 2.75) is 35.2 Å². The van der Waals surface area contributed by atoms with Crippen molar-refractivity contribution in [1.29, 1.82) is 0 Å². The highest BCUT2D eigenvalue weighted by molar-refractivity contribution is 5.75. The van der Waals surface area contributed by atoms with E-state index >= 15 is 0 Å². The molecule has 280 valence electrons. The Morgan fingerprint density at radius 3 is 1.14 bits per heavy atom. The third-order valence-corrected chi connectivity index (χ3v) is 13.3. The van der Waals surface area contributed by atoms with Crippen LogP contribution in [-0.4, -0.2) is 20.4 Å². The molecule has 0 aliphatic heterocycles. The first-order valence-corrected chi connectivity index (χ1v) is 19.9. The number of fused-ring (bicyclic) bond motifs is 6. The number of rotatable bonds is 4. The lowest BCUT2D eigenvalue weighted by Gasteiger charge is -2.51. The Labute approximate surface area is 337 Å². The van der Waals surface area contributed by atoms with Gasteiger partial charge in [0, 0.05) is 0 Å².